The van der Waals surface area contributed by atoms with Gasteiger partial charge in [0.15, 0.2) is 5.41 Å². The van der Waals surface area contributed by atoms with Crippen molar-refractivity contribution in [1.82, 2.24) is 0 Å². The second-order valence-electron chi connectivity index (χ2n) is 7.79. The average molecular weight is 398 g/mol. The van der Waals surface area contributed by atoms with Gasteiger partial charge in [-0.15, -0.1) is 6.58 Å². The smallest absolute Gasteiger partial charge is 0.278 e. The second kappa shape index (κ2) is 6.53. The Morgan fingerprint density at radius 1 is 1.27 bits per heavy atom. The Kier molecular flexibility index (Phi) is 4.22. The first kappa shape index (κ1) is 19.4. The standard InChI is InChI=1S/C23H18N4O3/c1-3-17-12-22(13-24,14-25)21-23(17,27(29)30)18-10-9-15(2)11-19(18)26(21)20(28)16-7-5-4-6-8-16/h3-11,17,21H,1,12H2,2H3/t17?,21?,23-/m1/s1. The lowest BCUT2D eigenvalue weighted by molar-refractivity contribution is -0.585. The monoisotopic (exact) mass is 398 g/mol. The number of nitrogens with zero attached hydrogens (tertiary/aromatic N) is 4. The molecule has 4 rings (SSSR count). The molecule has 30 heavy (non-hydrogen) atoms. The molecule has 1 aliphatic carbocycles. The summed E-state index contributed by atoms with van der Waals surface area (Å²) >= 11 is 0. The van der Waals surface area contributed by atoms with Gasteiger partial charge in [0, 0.05) is 10.5 Å². The fourth-order valence-electron chi connectivity index (χ4n) is 5.06. The third kappa shape index (κ3) is 2.20. The summed E-state index contributed by atoms with van der Waals surface area (Å²) < 4.78 is 0. The number of hydrogen-bond donors (Lipinski definition) is 0. The van der Waals surface area contributed by atoms with Gasteiger partial charge < -0.3 is 0 Å². The first-order chi connectivity index (χ1) is 14.4. The maximum atomic E-state index is 13.6. The number of nitro groups is 1. The molecule has 0 saturated heterocycles. The zero-order valence-corrected chi connectivity index (χ0v) is 16.3. The van der Waals surface area contributed by atoms with Gasteiger partial charge in [-0.2, -0.15) is 10.5 Å². The number of carbonyl (C=O) groups excluding carboxylic acids is 1. The quantitative estimate of drug-likeness (QED) is 0.444. The van der Waals surface area contributed by atoms with Gasteiger partial charge >= 0.3 is 0 Å². The van der Waals surface area contributed by atoms with E-state index in [1.807, 2.05) is 19.1 Å². The van der Waals surface area contributed by atoms with Gasteiger partial charge in [0.05, 0.1) is 29.3 Å². The minimum atomic E-state index is -1.82. The fraction of sp³-hybridized carbons (Fsp3) is 0.261. The van der Waals surface area contributed by atoms with Gasteiger partial charge in [0.1, 0.15) is 6.04 Å². The van der Waals surface area contributed by atoms with Crippen LogP contribution in [0.15, 0.2) is 61.2 Å². The Balaban J connectivity index is 2.09. The Bertz CT molecular complexity index is 1150. The molecule has 148 valence electrons. The number of amides is 1. The summed E-state index contributed by atoms with van der Waals surface area (Å²) in [4.78, 5) is 27.1. The summed E-state index contributed by atoms with van der Waals surface area (Å²) in [6, 6.07) is 16.3. The molecule has 0 radical (unpaired) electrons. The maximum Gasteiger partial charge on any atom is 0.278 e. The van der Waals surface area contributed by atoms with E-state index in [-0.39, 0.29) is 6.42 Å². The van der Waals surface area contributed by atoms with Crippen LogP contribution in [0, 0.1) is 51.0 Å². The van der Waals surface area contributed by atoms with Crippen LogP contribution >= 0.6 is 0 Å². The van der Waals surface area contributed by atoms with Crippen LogP contribution in [-0.2, 0) is 5.54 Å². The lowest BCUT2D eigenvalue weighted by Gasteiger charge is -2.32. The van der Waals surface area contributed by atoms with Crippen molar-refractivity contribution in [2.45, 2.75) is 24.9 Å². The summed E-state index contributed by atoms with van der Waals surface area (Å²) in [7, 11) is 0. The van der Waals surface area contributed by atoms with Gasteiger partial charge in [-0.25, -0.2) is 0 Å². The van der Waals surface area contributed by atoms with Crippen LogP contribution in [0.5, 0.6) is 0 Å². The summed E-state index contributed by atoms with van der Waals surface area (Å²) in [6.07, 6.45) is 1.37. The molecule has 0 spiro atoms. The minimum absolute atomic E-state index is 0.0684. The Labute approximate surface area is 173 Å². The van der Waals surface area contributed by atoms with Crippen molar-refractivity contribution in [1.29, 1.82) is 10.5 Å². The minimum Gasteiger partial charge on any atom is -0.294 e. The number of hydrogen-bond acceptors (Lipinski definition) is 5. The molecule has 1 heterocycles. The number of rotatable bonds is 3. The van der Waals surface area contributed by atoms with E-state index in [1.165, 1.54) is 11.0 Å². The van der Waals surface area contributed by atoms with E-state index < -0.39 is 33.7 Å². The van der Waals surface area contributed by atoms with E-state index in [4.69, 9.17) is 0 Å². The SMILES string of the molecule is C=CC1CC(C#N)(C#N)C2N(C(=O)c3ccccc3)c3cc(C)ccc3[C@]12[N+](=O)[O-]. The van der Waals surface area contributed by atoms with Gasteiger partial charge in [-0.05, 0) is 43.2 Å². The molecule has 1 amide bonds. The van der Waals surface area contributed by atoms with Gasteiger partial charge in [-0.1, -0.05) is 30.3 Å². The Morgan fingerprint density at radius 3 is 2.50 bits per heavy atom. The van der Waals surface area contributed by atoms with Crippen LogP contribution in [0.4, 0.5) is 5.69 Å². The molecule has 0 N–H and O–H groups in total. The fourth-order valence-corrected chi connectivity index (χ4v) is 5.06. The molecule has 7 heteroatoms. The third-order valence-corrected chi connectivity index (χ3v) is 6.32. The van der Waals surface area contributed by atoms with Crippen LogP contribution in [0.25, 0.3) is 0 Å². The second-order valence-corrected chi connectivity index (χ2v) is 7.79. The summed E-state index contributed by atoms with van der Waals surface area (Å²) in [5, 5.41) is 32.7. The molecule has 1 saturated carbocycles. The van der Waals surface area contributed by atoms with Crippen molar-refractivity contribution >= 4 is 11.6 Å². The van der Waals surface area contributed by atoms with E-state index in [9.17, 15) is 25.4 Å². The van der Waals surface area contributed by atoms with Crippen LogP contribution < -0.4 is 4.90 Å². The summed E-state index contributed by atoms with van der Waals surface area (Å²) in [5.74, 6) is -1.26. The predicted molar refractivity (Wildman–Crippen MR) is 109 cm³/mol. The number of benzene rings is 2. The van der Waals surface area contributed by atoms with Crippen molar-refractivity contribution in [3.8, 4) is 12.1 Å². The molecular weight excluding hydrogens is 380 g/mol. The number of fused-ring (bicyclic) bond motifs is 3. The Morgan fingerprint density at radius 2 is 1.93 bits per heavy atom. The summed E-state index contributed by atoms with van der Waals surface area (Å²) in [5.41, 5.74) is -1.72. The first-order valence-electron chi connectivity index (χ1n) is 9.46. The van der Waals surface area contributed by atoms with Gasteiger partial charge in [0.2, 0.25) is 0 Å². The van der Waals surface area contributed by atoms with Gasteiger partial charge in [0.25, 0.3) is 11.4 Å². The summed E-state index contributed by atoms with van der Waals surface area (Å²) in [6.45, 7) is 5.58. The molecular formula is C23H18N4O3. The van der Waals surface area contributed by atoms with Crippen LogP contribution in [0.2, 0.25) is 0 Å². The number of anilines is 1. The van der Waals surface area contributed by atoms with Crippen molar-refractivity contribution in [3.63, 3.8) is 0 Å². The van der Waals surface area contributed by atoms with Crippen LogP contribution in [-0.4, -0.2) is 16.9 Å². The van der Waals surface area contributed by atoms with Gasteiger partial charge in [-0.3, -0.25) is 19.8 Å². The zero-order chi connectivity index (χ0) is 21.7. The largest absolute Gasteiger partial charge is 0.294 e. The van der Waals surface area contributed by atoms with Crippen molar-refractivity contribution in [2.24, 2.45) is 11.3 Å². The molecule has 3 atom stereocenters. The van der Waals surface area contributed by atoms with Crippen LogP contribution in [0.1, 0.15) is 27.9 Å². The van der Waals surface area contributed by atoms with E-state index in [2.05, 4.69) is 6.58 Å². The molecule has 7 nitrogen and oxygen atoms in total. The van der Waals surface area contributed by atoms with Crippen molar-refractivity contribution in [2.75, 3.05) is 4.90 Å². The molecule has 1 aliphatic heterocycles. The van der Waals surface area contributed by atoms with Crippen molar-refractivity contribution < 1.29 is 9.72 Å². The lowest BCUT2D eigenvalue weighted by Crippen LogP contribution is -2.55. The number of carbonyl (C=O) groups is 1. The van der Waals surface area contributed by atoms with E-state index >= 15 is 0 Å². The average Bonchev–Trinajstić information content (AvgIpc) is 3.23. The molecule has 0 aromatic heterocycles. The molecule has 1 fully saturated rings. The highest BCUT2D eigenvalue weighted by molar-refractivity contribution is 6.08. The highest BCUT2D eigenvalue weighted by atomic mass is 16.6. The third-order valence-electron chi connectivity index (χ3n) is 6.32. The van der Waals surface area contributed by atoms with Crippen molar-refractivity contribution in [3.05, 3.63) is 88.0 Å². The Hall–Kier alpha value is -3.97. The molecule has 2 aliphatic rings. The van der Waals surface area contributed by atoms with Crippen LogP contribution in [0.3, 0.4) is 0 Å². The molecule has 0 bridgehead atoms. The molecule has 2 aromatic rings. The molecule has 2 aromatic carbocycles. The lowest BCUT2D eigenvalue weighted by atomic mass is 9.77. The van der Waals surface area contributed by atoms with E-state index in [0.29, 0.717) is 16.8 Å². The maximum absolute atomic E-state index is 13.6. The topological polar surface area (TPSA) is 111 Å². The normalized spacial score (nSPS) is 25.5. The number of nitriles is 2. The first-order valence-corrected chi connectivity index (χ1v) is 9.46. The highest BCUT2D eigenvalue weighted by Crippen LogP contribution is 2.63. The number of aryl methyl sites for hydroxylation is 1. The zero-order valence-electron chi connectivity index (χ0n) is 16.3. The predicted octanol–water partition coefficient (Wildman–Crippen LogP) is 3.74. The highest BCUT2D eigenvalue weighted by Gasteiger charge is 2.77. The van der Waals surface area contributed by atoms with E-state index in [1.54, 1.807) is 48.5 Å². The molecule has 2 unspecified atom stereocenters. The van der Waals surface area contributed by atoms with E-state index in [0.717, 1.165) is 5.56 Å².